The number of aryl methyl sites for hydroxylation is 1. The zero-order chi connectivity index (χ0) is 20.8. The number of ether oxygens (including phenoxy) is 1. The number of carbonyl (C=O) groups excluding carboxylic acids is 2. The van der Waals surface area contributed by atoms with Crippen LogP contribution in [0.3, 0.4) is 0 Å². The number of amides is 2. The topological polar surface area (TPSA) is 72.4 Å². The van der Waals surface area contributed by atoms with E-state index in [1.807, 2.05) is 17.6 Å². The summed E-state index contributed by atoms with van der Waals surface area (Å²) in [5.74, 6) is -1.27. The highest BCUT2D eigenvalue weighted by Gasteiger charge is 2.16. The molecular weight excluding hydrogens is 373 g/mol. The Bertz CT molecular complexity index is 1030. The second-order valence-corrected chi connectivity index (χ2v) is 6.64. The van der Waals surface area contributed by atoms with Crippen molar-refractivity contribution >= 4 is 28.4 Å². The maximum atomic E-state index is 13.8. The smallest absolute Gasteiger partial charge is 0.268 e. The molecule has 0 saturated carbocycles. The highest BCUT2D eigenvalue weighted by molar-refractivity contribution is 6.06. The summed E-state index contributed by atoms with van der Waals surface area (Å²) in [5.41, 5.74) is 1.96. The average Bonchev–Trinajstić information content (AvgIpc) is 3.06. The predicted molar refractivity (Wildman–Crippen MR) is 111 cm³/mol. The molecule has 3 rings (SSSR count). The van der Waals surface area contributed by atoms with E-state index in [4.69, 9.17) is 4.74 Å². The normalized spacial score (nSPS) is 10.9. The molecular formula is C22H24FN3O3. The van der Waals surface area contributed by atoms with Crippen molar-refractivity contribution in [3.8, 4) is 0 Å². The number of benzene rings is 2. The standard InChI is InChI=1S/C22H24FN3O3/c1-3-11-26-19-9-8-16(25-21(27)17-6-4-5-7-18(17)23)13-15(19)14-20(26)22(28)24-10-12-29-2/h4-9,13-14H,3,10-12H2,1-2H3,(H,24,28)(H,25,27). The van der Waals surface area contributed by atoms with Crippen LogP contribution in [0.25, 0.3) is 10.9 Å². The number of nitrogens with zero attached hydrogens (tertiary/aromatic N) is 1. The van der Waals surface area contributed by atoms with Gasteiger partial charge in [0, 0.05) is 36.8 Å². The van der Waals surface area contributed by atoms with Crippen molar-refractivity contribution in [3.63, 3.8) is 0 Å². The first kappa shape index (κ1) is 20.5. The first-order valence-electron chi connectivity index (χ1n) is 9.51. The van der Waals surface area contributed by atoms with Crippen molar-refractivity contribution in [1.82, 2.24) is 9.88 Å². The van der Waals surface area contributed by atoms with Crippen LogP contribution in [-0.2, 0) is 11.3 Å². The second kappa shape index (κ2) is 9.34. The first-order valence-corrected chi connectivity index (χ1v) is 9.51. The molecule has 0 aliphatic heterocycles. The lowest BCUT2D eigenvalue weighted by molar-refractivity contribution is 0.0927. The van der Waals surface area contributed by atoms with Crippen LogP contribution in [0.2, 0.25) is 0 Å². The molecule has 7 heteroatoms. The highest BCUT2D eigenvalue weighted by atomic mass is 19.1. The van der Waals surface area contributed by atoms with Crippen LogP contribution in [0.5, 0.6) is 0 Å². The SMILES string of the molecule is CCCn1c(C(=O)NCCOC)cc2cc(NC(=O)c3ccccc3F)ccc21. The minimum Gasteiger partial charge on any atom is -0.383 e. The van der Waals surface area contributed by atoms with Gasteiger partial charge in [0.25, 0.3) is 11.8 Å². The molecule has 0 aliphatic rings. The number of halogens is 1. The van der Waals surface area contributed by atoms with Crippen molar-refractivity contribution in [3.05, 3.63) is 65.6 Å². The summed E-state index contributed by atoms with van der Waals surface area (Å²) in [6.07, 6.45) is 0.869. The van der Waals surface area contributed by atoms with Crippen molar-refractivity contribution in [1.29, 1.82) is 0 Å². The molecule has 1 heterocycles. The van der Waals surface area contributed by atoms with Gasteiger partial charge in [-0.3, -0.25) is 9.59 Å². The van der Waals surface area contributed by atoms with Crippen molar-refractivity contribution in [2.75, 3.05) is 25.6 Å². The molecule has 6 nitrogen and oxygen atoms in total. The van der Waals surface area contributed by atoms with E-state index < -0.39 is 11.7 Å². The minimum absolute atomic E-state index is 0.0191. The monoisotopic (exact) mass is 397 g/mol. The van der Waals surface area contributed by atoms with E-state index in [0.717, 1.165) is 17.3 Å². The third-order valence-electron chi connectivity index (χ3n) is 4.55. The number of nitrogens with one attached hydrogen (secondary N) is 2. The van der Waals surface area contributed by atoms with Crippen molar-refractivity contribution in [2.24, 2.45) is 0 Å². The van der Waals surface area contributed by atoms with Gasteiger partial charge >= 0.3 is 0 Å². The Labute approximate surface area is 168 Å². The second-order valence-electron chi connectivity index (χ2n) is 6.64. The van der Waals surface area contributed by atoms with Crippen LogP contribution in [-0.4, -0.2) is 36.6 Å². The molecule has 0 radical (unpaired) electrons. The van der Waals surface area contributed by atoms with Crippen LogP contribution in [0, 0.1) is 5.82 Å². The van der Waals surface area contributed by atoms with E-state index in [2.05, 4.69) is 10.6 Å². The third kappa shape index (κ3) is 4.63. The van der Waals surface area contributed by atoms with Gasteiger partial charge in [-0.2, -0.15) is 0 Å². The van der Waals surface area contributed by atoms with Gasteiger partial charge in [-0.25, -0.2) is 4.39 Å². The predicted octanol–water partition coefficient (Wildman–Crippen LogP) is 3.82. The molecule has 2 aromatic carbocycles. The van der Waals surface area contributed by atoms with Crippen molar-refractivity contribution < 1.29 is 18.7 Å². The Kier molecular flexibility index (Phi) is 6.61. The number of hydrogen-bond acceptors (Lipinski definition) is 3. The Morgan fingerprint density at radius 2 is 1.90 bits per heavy atom. The fourth-order valence-corrected chi connectivity index (χ4v) is 3.20. The maximum Gasteiger partial charge on any atom is 0.268 e. The number of rotatable bonds is 8. The van der Waals surface area contributed by atoms with Gasteiger partial charge in [0.2, 0.25) is 0 Å². The van der Waals surface area contributed by atoms with Gasteiger partial charge in [0.1, 0.15) is 11.5 Å². The number of carbonyl (C=O) groups is 2. The number of hydrogen-bond donors (Lipinski definition) is 2. The molecule has 0 spiro atoms. The van der Waals surface area contributed by atoms with Gasteiger partial charge in [0.05, 0.1) is 12.2 Å². The summed E-state index contributed by atoms with van der Waals surface area (Å²) in [7, 11) is 1.58. The molecule has 2 N–H and O–H groups in total. The molecule has 2 amide bonds. The van der Waals surface area contributed by atoms with E-state index in [-0.39, 0.29) is 11.5 Å². The minimum atomic E-state index is -0.574. The third-order valence-corrected chi connectivity index (χ3v) is 4.55. The maximum absolute atomic E-state index is 13.8. The van der Waals surface area contributed by atoms with Crippen LogP contribution >= 0.6 is 0 Å². The van der Waals surface area contributed by atoms with Crippen LogP contribution in [0.4, 0.5) is 10.1 Å². The average molecular weight is 397 g/mol. The highest BCUT2D eigenvalue weighted by Crippen LogP contribution is 2.25. The molecule has 0 saturated heterocycles. The Morgan fingerprint density at radius 3 is 2.62 bits per heavy atom. The molecule has 1 aromatic heterocycles. The van der Waals surface area contributed by atoms with Gasteiger partial charge in [-0.15, -0.1) is 0 Å². The summed E-state index contributed by atoms with van der Waals surface area (Å²) >= 11 is 0. The molecule has 0 atom stereocenters. The van der Waals surface area contributed by atoms with Gasteiger partial charge in [-0.05, 0) is 42.8 Å². The molecule has 0 aliphatic carbocycles. The molecule has 3 aromatic rings. The van der Waals surface area contributed by atoms with Gasteiger partial charge < -0.3 is 19.9 Å². The Morgan fingerprint density at radius 1 is 1.10 bits per heavy atom. The van der Waals surface area contributed by atoms with E-state index in [1.165, 1.54) is 18.2 Å². The van der Waals surface area contributed by atoms with Gasteiger partial charge in [0.15, 0.2) is 0 Å². The quantitative estimate of drug-likeness (QED) is 0.568. The van der Waals surface area contributed by atoms with Crippen LogP contribution in [0.15, 0.2) is 48.5 Å². The molecule has 0 fully saturated rings. The van der Waals surface area contributed by atoms with E-state index in [1.54, 1.807) is 31.4 Å². The molecule has 29 heavy (non-hydrogen) atoms. The van der Waals surface area contributed by atoms with Gasteiger partial charge in [-0.1, -0.05) is 19.1 Å². The number of fused-ring (bicyclic) bond motifs is 1. The van der Waals surface area contributed by atoms with Crippen LogP contribution in [0.1, 0.15) is 34.2 Å². The summed E-state index contributed by atoms with van der Waals surface area (Å²) in [6.45, 7) is 3.60. The first-order chi connectivity index (χ1) is 14.0. The number of methoxy groups -OCH3 is 1. The van der Waals surface area contributed by atoms with E-state index in [0.29, 0.717) is 31.1 Å². The Hall–Kier alpha value is -3.19. The Balaban J connectivity index is 1.88. The molecule has 0 bridgehead atoms. The zero-order valence-electron chi connectivity index (χ0n) is 16.5. The summed E-state index contributed by atoms with van der Waals surface area (Å²) in [4.78, 5) is 24.9. The zero-order valence-corrected chi connectivity index (χ0v) is 16.5. The van der Waals surface area contributed by atoms with E-state index in [9.17, 15) is 14.0 Å². The fraction of sp³-hybridized carbons (Fsp3) is 0.273. The largest absolute Gasteiger partial charge is 0.383 e. The molecule has 152 valence electrons. The fourth-order valence-electron chi connectivity index (χ4n) is 3.20. The number of aromatic nitrogens is 1. The van der Waals surface area contributed by atoms with Crippen molar-refractivity contribution in [2.45, 2.75) is 19.9 Å². The summed E-state index contributed by atoms with van der Waals surface area (Å²) in [5, 5.41) is 6.38. The lowest BCUT2D eigenvalue weighted by Gasteiger charge is -2.10. The summed E-state index contributed by atoms with van der Waals surface area (Å²) in [6, 6.07) is 13.0. The van der Waals surface area contributed by atoms with E-state index >= 15 is 0 Å². The molecule has 0 unspecified atom stereocenters. The number of anilines is 1. The van der Waals surface area contributed by atoms with Crippen LogP contribution < -0.4 is 10.6 Å². The lowest BCUT2D eigenvalue weighted by Crippen LogP contribution is -2.28. The summed E-state index contributed by atoms with van der Waals surface area (Å²) < 4.78 is 20.8. The lowest BCUT2D eigenvalue weighted by atomic mass is 10.2.